The van der Waals surface area contributed by atoms with Crippen molar-refractivity contribution >= 4 is 5.97 Å². The first-order valence-corrected chi connectivity index (χ1v) is 6.24. The van der Waals surface area contributed by atoms with E-state index in [1.807, 2.05) is 37.3 Å². The number of rotatable bonds is 5. The Morgan fingerprint density at radius 2 is 1.85 bits per heavy atom. The molecule has 104 valence electrons. The van der Waals surface area contributed by atoms with Crippen LogP contribution in [0, 0.1) is 0 Å². The van der Waals surface area contributed by atoms with Crippen LogP contribution >= 0.6 is 0 Å². The van der Waals surface area contributed by atoms with Gasteiger partial charge >= 0.3 is 5.97 Å². The largest absolute Gasteiger partial charge is 0.497 e. The number of ether oxygens (including phenoxy) is 2. The molecule has 2 rings (SSSR count). The molecule has 1 unspecified atom stereocenters. The average Bonchev–Trinajstić information content (AvgIpc) is 2.47. The Bertz CT molecular complexity index is 593. The lowest BCUT2D eigenvalue weighted by Gasteiger charge is -2.17. The molecule has 1 atom stereocenters. The molecule has 4 nitrogen and oxygen atoms in total. The predicted molar refractivity (Wildman–Crippen MR) is 75.4 cm³/mol. The van der Waals surface area contributed by atoms with Crippen LogP contribution < -0.4 is 9.47 Å². The van der Waals surface area contributed by atoms with E-state index in [2.05, 4.69) is 0 Å². The molecule has 0 aromatic heterocycles. The number of methoxy groups -OCH3 is 1. The molecule has 0 spiro atoms. The molecular weight excluding hydrogens is 256 g/mol. The number of carboxylic acids is 1. The van der Waals surface area contributed by atoms with Crippen LogP contribution in [0.5, 0.6) is 11.5 Å². The number of hydrogen-bond acceptors (Lipinski definition) is 3. The fourth-order valence-corrected chi connectivity index (χ4v) is 1.89. The number of aromatic carboxylic acids is 1. The summed E-state index contributed by atoms with van der Waals surface area (Å²) in [6.45, 7) is 1.88. The Hall–Kier alpha value is -2.49. The van der Waals surface area contributed by atoms with Gasteiger partial charge in [0.1, 0.15) is 23.2 Å². The van der Waals surface area contributed by atoms with E-state index in [0.29, 0.717) is 11.5 Å². The Labute approximate surface area is 117 Å². The highest BCUT2D eigenvalue weighted by Gasteiger charge is 2.15. The van der Waals surface area contributed by atoms with Crippen molar-refractivity contribution in [2.75, 3.05) is 7.11 Å². The van der Waals surface area contributed by atoms with E-state index >= 15 is 0 Å². The third-order valence-electron chi connectivity index (χ3n) is 2.99. The number of hydrogen-bond donors (Lipinski definition) is 1. The molecule has 20 heavy (non-hydrogen) atoms. The van der Waals surface area contributed by atoms with Gasteiger partial charge < -0.3 is 14.6 Å². The van der Waals surface area contributed by atoms with Crippen molar-refractivity contribution in [3.8, 4) is 11.5 Å². The molecular formula is C16H16O4. The fourth-order valence-electron chi connectivity index (χ4n) is 1.89. The quantitative estimate of drug-likeness (QED) is 0.904. The lowest BCUT2D eigenvalue weighted by molar-refractivity contribution is 0.0689. The van der Waals surface area contributed by atoms with Crippen LogP contribution in [0.3, 0.4) is 0 Å². The summed E-state index contributed by atoms with van der Waals surface area (Å²) in [5.41, 5.74) is 1.10. The zero-order chi connectivity index (χ0) is 14.5. The van der Waals surface area contributed by atoms with Gasteiger partial charge in [0, 0.05) is 6.07 Å². The van der Waals surface area contributed by atoms with Crippen LogP contribution in [0.1, 0.15) is 28.9 Å². The second kappa shape index (κ2) is 6.10. The molecule has 4 heteroatoms. The van der Waals surface area contributed by atoms with Gasteiger partial charge in [-0.15, -0.1) is 0 Å². The molecule has 0 saturated heterocycles. The summed E-state index contributed by atoms with van der Waals surface area (Å²) >= 11 is 0. The van der Waals surface area contributed by atoms with Gasteiger partial charge in [-0.05, 0) is 24.6 Å². The van der Waals surface area contributed by atoms with Crippen LogP contribution in [0.4, 0.5) is 0 Å². The highest BCUT2D eigenvalue weighted by Crippen LogP contribution is 2.29. The number of benzene rings is 2. The summed E-state index contributed by atoms with van der Waals surface area (Å²) in [5.74, 6) is -0.165. The van der Waals surface area contributed by atoms with Crippen LogP contribution in [0.15, 0.2) is 48.5 Å². The molecule has 0 saturated carbocycles. The molecule has 0 heterocycles. The molecule has 0 radical (unpaired) electrons. The van der Waals surface area contributed by atoms with Crippen molar-refractivity contribution in [3.05, 3.63) is 59.7 Å². The van der Waals surface area contributed by atoms with Crippen LogP contribution in [0.25, 0.3) is 0 Å². The standard InChI is InChI=1S/C16H16O4/c1-11(12-6-4-3-5-7-12)20-15-10-13(19-2)8-9-14(15)16(17)18/h3-11H,1-2H3,(H,17,18). The summed E-state index contributed by atoms with van der Waals surface area (Å²) in [4.78, 5) is 11.2. The van der Waals surface area contributed by atoms with Crippen LogP contribution in [-0.2, 0) is 0 Å². The van der Waals surface area contributed by atoms with Crippen molar-refractivity contribution in [2.45, 2.75) is 13.0 Å². The third-order valence-corrected chi connectivity index (χ3v) is 2.99. The van der Waals surface area contributed by atoms with E-state index in [1.54, 1.807) is 12.1 Å². The Balaban J connectivity index is 2.29. The van der Waals surface area contributed by atoms with Crippen molar-refractivity contribution in [3.63, 3.8) is 0 Å². The van der Waals surface area contributed by atoms with Gasteiger partial charge in [0.2, 0.25) is 0 Å². The molecule has 0 aliphatic carbocycles. The number of carbonyl (C=O) groups is 1. The van der Waals surface area contributed by atoms with Gasteiger partial charge in [-0.25, -0.2) is 4.79 Å². The topological polar surface area (TPSA) is 55.8 Å². The minimum atomic E-state index is -1.03. The average molecular weight is 272 g/mol. The second-order valence-electron chi connectivity index (χ2n) is 4.34. The van der Waals surface area contributed by atoms with E-state index in [-0.39, 0.29) is 11.7 Å². The van der Waals surface area contributed by atoms with Gasteiger partial charge in [0.25, 0.3) is 0 Å². The zero-order valence-corrected chi connectivity index (χ0v) is 11.4. The van der Waals surface area contributed by atoms with E-state index in [9.17, 15) is 9.90 Å². The first-order valence-electron chi connectivity index (χ1n) is 6.24. The summed E-state index contributed by atoms with van der Waals surface area (Å²) in [6, 6.07) is 14.3. The van der Waals surface area contributed by atoms with E-state index < -0.39 is 5.97 Å². The van der Waals surface area contributed by atoms with Crippen molar-refractivity contribution < 1.29 is 19.4 Å². The maximum atomic E-state index is 11.2. The molecule has 1 N–H and O–H groups in total. The van der Waals surface area contributed by atoms with Gasteiger partial charge in [0.15, 0.2) is 0 Å². The summed E-state index contributed by atoms with van der Waals surface area (Å²) < 4.78 is 10.9. The molecule has 0 amide bonds. The predicted octanol–water partition coefficient (Wildman–Crippen LogP) is 3.53. The minimum absolute atomic E-state index is 0.119. The van der Waals surface area contributed by atoms with E-state index in [1.165, 1.54) is 13.2 Å². The normalized spacial score (nSPS) is 11.7. The molecule has 0 aliphatic rings. The lowest BCUT2D eigenvalue weighted by Crippen LogP contribution is -2.07. The highest BCUT2D eigenvalue weighted by molar-refractivity contribution is 5.91. The third kappa shape index (κ3) is 3.09. The molecule has 0 fully saturated rings. The lowest BCUT2D eigenvalue weighted by atomic mass is 10.1. The first kappa shape index (κ1) is 13.9. The van der Waals surface area contributed by atoms with Crippen LogP contribution in [-0.4, -0.2) is 18.2 Å². The minimum Gasteiger partial charge on any atom is -0.497 e. The van der Waals surface area contributed by atoms with Gasteiger partial charge in [-0.2, -0.15) is 0 Å². The SMILES string of the molecule is COc1ccc(C(=O)O)c(OC(C)c2ccccc2)c1. The maximum Gasteiger partial charge on any atom is 0.339 e. The summed E-state index contributed by atoms with van der Waals surface area (Å²) in [5, 5.41) is 9.19. The Morgan fingerprint density at radius 1 is 1.15 bits per heavy atom. The second-order valence-corrected chi connectivity index (χ2v) is 4.34. The van der Waals surface area contributed by atoms with Gasteiger partial charge in [0.05, 0.1) is 7.11 Å². The monoisotopic (exact) mass is 272 g/mol. The van der Waals surface area contributed by atoms with E-state index in [4.69, 9.17) is 9.47 Å². The maximum absolute atomic E-state index is 11.2. The van der Waals surface area contributed by atoms with Crippen LogP contribution in [0.2, 0.25) is 0 Å². The van der Waals surface area contributed by atoms with Gasteiger partial charge in [-0.3, -0.25) is 0 Å². The van der Waals surface area contributed by atoms with Crippen molar-refractivity contribution in [2.24, 2.45) is 0 Å². The molecule has 2 aromatic carbocycles. The molecule has 2 aromatic rings. The summed E-state index contributed by atoms with van der Waals surface area (Å²) in [7, 11) is 1.53. The fraction of sp³-hybridized carbons (Fsp3) is 0.188. The first-order chi connectivity index (χ1) is 9.61. The smallest absolute Gasteiger partial charge is 0.339 e. The Kier molecular flexibility index (Phi) is 4.25. The molecule has 0 aliphatic heterocycles. The Morgan fingerprint density at radius 3 is 2.45 bits per heavy atom. The van der Waals surface area contributed by atoms with Gasteiger partial charge in [-0.1, -0.05) is 30.3 Å². The van der Waals surface area contributed by atoms with Crippen molar-refractivity contribution in [1.29, 1.82) is 0 Å². The van der Waals surface area contributed by atoms with E-state index in [0.717, 1.165) is 5.56 Å². The molecule has 0 bridgehead atoms. The summed E-state index contributed by atoms with van der Waals surface area (Å²) in [6.07, 6.45) is -0.249. The highest BCUT2D eigenvalue weighted by atomic mass is 16.5. The number of carboxylic acid groups (broad SMARTS) is 1. The zero-order valence-electron chi connectivity index (χ0n) is 11.4. The van der Waals surface area contributed by atoms with Crippen molar-refractivity contribution in [1.82, 2.24) is 0 Å².